The Morgan fingerprint density at radius 1 is 0.596 bits per heavy atom. The number of carboxylic acids is 1. The van der Waals surface area contributed by atoms with Crippen molar-refractivity contribution < 1.29 is 24.2 Å². The van der Waals surface area contributed by atoms with Crippen LogP contribution in [0.1, 0.15) is 155 Å². The average Bonchev–Trinajstić information content (AvgIpc) is 3.05. The SMILES string of the molecule is CC/C=C\C/C=C\C/C=C\C/C=C\C(CCCCCC(=O)NCC(=O)O)OC(=O)CCCCCCC/C=C\C/C=C\CCCCCC. The highest BCUT2D eigenvalue weighted by atomic mass is 16.5. The summed E-state index contributed by atoms with van der Waals surface area (Å²) in [4.78, 5) is 34.9. The lowest BCUT2D eigenvalue weighted by Crippen LogP contribution is -2.28. The second kappa shape index (κ2) is 35.7. The lowest BCUT2D eigenvalue weighted by molar-refractivity contribution is -0.147. The summed E-state index contributed by atoms with van der Waals surface area (Å²) in [5.74, 6) is -1.44. The van der Waals surface area contributed by atoms with E-state index in [1.54, 1.807) is 0 Å². The van der Waals surface area contributed by atoms with Gasteiger partial charge in [-0.25, -0.2) is 0 Å². The second-order valence-electron chi connectivity index (χ2n) is 12.1. The minimum Gasteiger partial charge on any atom is -0.480 e. The molecule has 0 saturated carbocycles. The largest absolute Gasteiger partial charge is 0.480 e. The van der Waals surface area contributed by atoms with Crippen molar-refractivity contribution in [2.75, 3.05) is 6.54 Å². The van der Waals surface area contributed by atoms with Gasteiger partial charge < -0.3 is 15.2 Å². The molecule has 0 heterocycles. The Balaban J connectivity index is 4.33. The van der Waals surface area contributed by atoms with E-state index in [4.69, 9.17) is 9.84 Å². The second-order valence-corrected chi connectivity index (χ2v) is 12.1. The Morgan fingerprint density at radius 3 is 1.72 bits per heavy atom. The van der Waals surface area contributed by atoms with Gasteiger partial charge in [-0.15, -0.1) is 0 Å². The Bertz CT molecular complexity index is 943. The first-order valence-corrected chi connectivity index (χ1v) is 18.6. The maximum Gasteiger partial charge on any atom is 0.322 e. The van der Waals surface area contributed by atoms with E-state index in [-0.39, 0.29) is 24.5 Å². The van der Waals surface area contributed by atoms with Gasteiger partial charge in [-0.3, -0.25) is 14.4 Å². The summed E-state index contributed by atoms with van der Waals surface area (Å²) in [5.41, 5.74) is 0. The number of esters is 1. The fourth-order valence-corrected chi connectivity index (χ4v) is 4.86. The molecule has 6 heteroatoms. The van der Waals surface area contributed by atoms with Crippen LogP contribution in [0.15, 0.2) is 72.9 Å². The number of hydrogen-bond donors (Lipinski definition) is 2. The van der Waals surface area contributed by atoms with Gasteiger partial charge in [0.1, 0.15) is 12.6 Å². The van der Waals surface area contributed by atoms with Crippen molar-refractivity contribution in [3.05, 3.63) is 72.9 Å². The van der Waals surface area contributed by atoms with E-state index in [1.165, 1.54) is 44.9 Å². The molecule has 0 aliphatic rings. The van der Waals surface area contributed by atoms with E-state index in [0.29, 0.717) is 25.7 Å². The number of carbonyl (C=O) groups is 3. The number of carbonyl (C=O) groups excluding carboxylic acids is 2. The van der Waals surface area contributed by atoms with Crippen LogP contribution in [0.2, 0.25) is 0 Å². The van der Waals surface area contributed by atoms with Crippen LogP contribution >= 0.6 is 0 Å². The maximum atomic E-state index is 12.6. The molecule has 0 aromatic rings. The monoisotopic (exact) mass is 654 g/mol. The molecule has 0 aromatic heterocycles. The van der Waals surface area contributed by atoms with Crippen molar-refractivity contribution in [2.24, 2.45) is 0 Å². The summed E-state index contributed by atoms with van der Waals surface area (Å²) in [5, 5.41) is 11.1. The third-order valence-corrected chi connectivity index (χ3v) is 7.60. The summed E-state index contributed by atoms with van der Waals surface area (Å²) in [6.07, 6.45) is 47.4. The molecule has 0 aliphatic carbocycles. The molecule has 266 valence electrons. The highest BCUT2D eigenvalue weighted by Crippen LogP contribution is 2.14. The maximum absolute atomic E-state index is 12.6. The summed E-state index contributed by atoms with van der Waals surface area (Å²) in [7, 11) is 0. The number of ether oxygens (including phenoxy) is 1. The van der Waals surface area contributed by atoms with Gasteiger partial charge in [0.2, 0.25) is 5.91 Å². The molecule has 1 unspecified atom stereocenters. The Hall–Kier alpha value is -3.15. The molecule has 0 rings (SSSR count). The first-order chi connectivity index (χ1) is 23.0. The van der Waals surface area contributed by atoms with E-state index in [0.717, 1.165) is 70.6 Å². The molecule has 2 N–H and O–H groups in total. The Labute approximate surface area is 287 Å². The first-order valence-electron chi connectivity index (χ1n) is 18.6. The molecular formula is C41H67NO5. The predicted molar refractivity (Wildman–Crippen MR) is 198 cm³/mol. The zero-order valence-electron chi connectivity index (χ0n) is 29.8. The van der Waals surface area contributed by atoms with Gasteiger partial charge in [0, 0.05) is 12.8 Å². The zero-order chi connectivity index (χ0) is 34.5. The molecule has 1 amide bonds. The van der Waals surface area contributed by atoms with Crippen molar-refractivity contribution in [1.82, 2.24) is 5.32 Å². The number of amides is 1. The molecule has 0 fully saturated rings. The van der Waals surface area contributed by atoms with Crippen molar-refractivity contribution in [1.29, 1.82) is 0 Å². The molecule has 47 heavy (non-hydrogen) atoms. The van der Waals surface area contributed by atoms with Crippen LogP contribution in [0.25, 0.3) is 0 Å². The molecule has 0 saturated heterocycles. The fraction of sp³-hybridized carbons (Fsp3) is 0.634. The molecule has 0 aromatic carbocycles. The van der Waals surface area contributed by atoms with E-state index in [9.17, 15) is 14.4 Å². The zero-order valence-corrected chi connectivity index (χ0v) is 29.8. The Kier molecular flexibility index (Phi) is 33.3. The van der Waals surface area contributed by atoms with E-state index < -0.39 is 5.97 Å². The number of allylic oxidation sites excluding steroid dienone is 11. The van der Waals surface area contributed by atoms with Crippen LogP contribution < -0.4 is 5.32 Å². The van der Waals surface area contributed by atoms with Gasteiger partial charge in [0.05, 0.1) is 0 Å². The van der Waals surface area contributed by atoms with Gasteiger partial charge in [-0.1, -0.05) is 126 Å². The normalized spacial score (nSPS) is 12.9. The summed E-state index contributed by atoms with van der Waals surface area (Å²) >= 11 is 0. The van der Waals surface area contributed by atoms with Crippen molar-refractivity contribution in [3.63, 3.8) is 0 Å². The number of unbranched alkanes of at least 4 members (excludes halogenated alkanes) is 11. The van der Waals surface area contributed by atoms with Crippen LogP contribution in [0.4, 0.5) is 0 Å². The number of aliphatic carboxylic acids is 1. The number of nitrogens with one attached hydrogen (secondary N) is 1. The van der Waals surface area contributed by atoms with Crippen molar-refractivity contribution >= 4 is 17.8 Å². The standard InChI is InChI=1S/C41H67NO5/c1-3-5-7-9-11-13-15-16-17-18-19-21-23-25-27-32-36-41(46)47-38(34-30-28-31-35-39(43)42-37-40(44)45)33-29-26-24-22-20-14-12-10-8-6-4-2/h6,8,12-15,17-18,22,24,29,33,38H,3-5,7,9-11,16,19-21,23,25-28,30-32,34-37H2,1-2H3,(H,42,43)(H,44,45)/b8-6-,14-12-,15-13-,18-17-,24-22-,33-29-. The summed E-state index contributed by atoms with van der Waals surface area (Å²) in [6, 6.07) is 0. The Morgan fingerprint density at radius 2 is 1.11 bits per heavy atom. The van der Waals surface area contributed by atoms with Gasteiger partial charge in [0.15, 0.2) is 0 Å². The van der Waals surface area contributed by atoms with Crippen LogP contribution in [-0.2, 0) is 19.1 Å². The molecule has 0 radical (unpaired) electrons. The smallest absolute Gasteiger partial charge is 0.322 e. The first kappa shape index (κ1) is 43.9. The van der Waals surface area contributed by atoms with Crippen molar-refractivity contribution in [2.45, 2.75) is 161 Å². The fourth-order valence-electron chi connectivity index (χ4n) is 4.86. The van der Waals surface area contributed by atoms with Gasteiger partial charge >= 0.3 is 11.9 Å². The highest BCUT2D eigenvalue weighted by molar-refractivity contribution is 5.80. The molecule has 0 bridgehead atoms. The average molecular weight is 654 g/mol. The lowest BCUT2D eigenvalue weighted by atomic mass is 10.1. The van der Waals surface area contributed by atoms with E-state index in [2.05, 4.69) is 86.0 Å². The van der Waals surface area contributed by atoms with Crippen LogP contribution in [0.5, 0.6) is 0 Å². The molecular weight excluding hydrogens is 586 g/mol. The topological polar surface area (TPSA) is 92.7 Å². The van der Waals surface area contributed by atoms with E-state index in [1.807, 2.05) is 6.08 Å². The van der Waals surface area contributed by atoms with Crippen LogP contribution in [0.3, 0.4) is 0 Å². The third kappa shape index (κ3) is 35.5. The predicted octanol–water partition coefficient (Wildman–Crippen LogP) is 11.1. The third-order valence-electron chi connectivity index (χ3n) is 7.60. The van der Waals surface area contributed by atoms with Gasteiger partial charge in [-0.05, 0) is 89.5 Å². The highest BCUT2D eigenvalue weighted by Gasteiger charge is 2.12. The minimum atomic E-state index is -1.05. The van der Waals surface area contributed by atoms with Gasteiger partial charge in [-0.2, -0.15) is 0 Å². The van der Waals surface area contributed by atoms with Crippen LogP contribution in [0, 0.1) is 0 Å². The minimum absolute atomic E-state index is 0.146. The number of hydrogen-bond acceptors (Lipinski definition) is 4. The lowest BCUT2D eigenvalue weighted by Gasteiger charge is -2.14. The van der Waals surface area contributed by atoms with E-state index >= 15 is 0 Å². The quantitative estimate of drug-likeness (QED) is 0.0428. The molecule has 1 atom stereocenters. The summed E-state index contributed by atoms with van der Waals surface area (Å²) in [6.45, 7) is 4.03. The molecule has 0 aliphatic heterocycles. The van der Waals surface area contributed by atoms with Crippen LogP contribution in [-0.4, -0.2) is 35.6 Å². The van der Waals surface area contributed by atoms with Crippen molar-refractivity contribution in [3.8, 4) is 0 Å². The summed E-state index contributed by atoms with van der Waals surface area (Å²) < 4.78 is 5.83. The molecule has 0 spiro atoms. The van der Waals surface area contributed by atoms with Gasteiger partial charge in [0.25, 0.3) is 0 Å². The molecule has 6 nitrogen and oxygen atoms in total. The number of rotatable bonds is 32. The number of carboxylic acid groups (broad SMARTS) is 1.